The Morgan fingerprint density at radius 2 is 1.31 bits per heavy atom. The van der Waals surface area contributed by atoms with E-state index in [2.05, 4.69) is 69.9 Å². The van der Waals surface area contributed by atoms with Crippen molar-refractivity contribution in [2.75, 3.05) is 0 Å². The minimum atomic E-state index is 1.11. The van der Waals surface area contributed by atoms with Gasteiger partial charge in [0.15, 0.2) is 0 Å². The minimum absolute atomic E-state index is 1.11. The van der Waals surface area contributed by atoms with Crippen LogP contribution in [-0.2, 0) is 6.54 Å². The standard InChI is InChI=1S/C24H32BrN/c1-2-3-4-5-6-7-8-9-10-13-19-26-23-18-12-11-15-20(23)21-16-14-17-22(25)24(21)26/h11-12,14-18H,2-10,13,19H2,1H3. The second-order valence-corrected chi connectivity index (χ2v) is 8.34. The highest BCUT2D eigenvalue weighted by molar-refractivity contribution is 9.10. The van der Waals surface area contributed by atoms with Gasteiger partial charge in [-0.1, -0.05) is 95.0 Å². The average molecular weight is 414 g/mol. The fourth-order valence-corrected chi connectivity index (χ4v) is 4.63. The molecule has 1 nitrogen and oxygen atoms in total. The van der Waals surface area contributed by atoms with Crippen molar-refractivity contribution in [3.8, 4) is 0 Å². The molecule has 26 heavy (non-hydrogen) atoms. The molecule has 0 amide bonds. The molecule has 0 spiro atoms. The number of para-hydroxylation sites is 2. The Kier molecular flexibility index (Phi) is 7.61. The molecule has 0 N–H and O–H groups in total. The van der Waals surface area contributed by atoms with Crippen molar-refractivity contribution in [3.63, 3.8) is 0 Å². The summed E-state index contributed by atoms with van der Waals surface area (Å²) in [6, 6.07) is 15.4. The van der Waals surface area contributed by atoms with E-state index >= 15 is 0 Å². The Labute approximate surface area is 166 Å². The number of nitrogens with zero attached hydrogens (tertiary/aromatic N) is 1. The molecule has 0 aliphatic carbocycles. The monoisotopic (exact) mass is 413 g/mol. The zero-order chi connectivity index (χ0) is 18.2. The van der Waals surface area contributed by atoms with E-state index in [1.165, 1.54) is 90.5 Å². The summed E-state index contributed by atoms with van der Waals surface area (Å²) in [5, 5.41) is 2.73. The average Bonchev–Trinajstić information content (AvgIpc) is 2.99. The molecule has 0 aliphatic heterocycles. The van der Waals surface area contributed by atoms with Gasteiger partial charge in [0.1, 0.15) is 0 Å². The van der Waals surface area contributed by atoms with E-state index in [9.17, 15) is 0 Å². The number of aryl methyl sites for hydroxylation is 1. The number of fused-ring (bicyclic) bond motifs is 3. The van der Waals surface area contributed by atoms with E-state index in [0.29, 0.717) is 0 Å². The molecule has 3 rings (SSSR count). The van der Waals surface area contributed by atoms with Crippen LogP contribution in [0.2, 0.25) is 0 Å². The van der Waals surface area contributed by atoms with Crippen molar-refractivity contribution >= 4 is 37.7 Å². The molecule has 0 bridgehead atoms. The van der Waals surface area contributed by atoms with Crippen LogP contribution >= 0.6 is 15.9 Å². The SMILES string of the molecule is CCCCCCCCCCCCn1c2ccccc2c2cccc(Br)c21. The number of hydrogen-bond acceptors (Lipinski definition) is 0. The van der Waals surface area contributed by atoms with E-state index in [4.69, 9.17) is 0 Å². The van der Waals surface area contributed by atoms with Gasteiger partial charge in [-0.25, -0.2) is 0 Å². The molecule has 1 aromatic heterocycles. The third kappa shape index (κ3) is 4.71. The lowest BCUT2D eigenvalue weighted by molar-refractivity contribution is 0.541. The maximum Gasteiger partial charge on any atom is 0.0635 e. The smallest absolute Gasteiger partial charge is 0.0635 e. The molecule has 2 aromatic carbocycles. The Bertz CT molecular complexity index is 818. The third-order valence-corrected chi connectivity index (χ3v) is 6.12. The first-order valence-electron chi connectivity index (χ1n) is 10.5. The minimum Gasteiger partial charge on any atom is -0.340 e. The molecule has 0 saturated heterocycles. The second-order valence-electron chi connectivity index (χ2n) is 7.49. The molecule has 3 aromatic rings. The van der Waals surface area contributed by atoms with Crippen molar-refractivity contribution in [1.82, 2.24) is 4.57 Å². The largest absolute Gasteiger partial charge is 0.340 e. The summed E-state index contributed by atoms with van der Waals surface area (Å²) in [5.74, 6) is 0. The summed E-state index contributed by atoms with van der Waals surface area (Å²) in [6.45, 7) is 3.40. The van der Waals surface area contributed by atoms with Gasteiger partial charge in [0, 0.05) is 27.3 Å². The van der Waals surface area contributed by atoms with Crippen LogP contribution in [0.1, 0.15) is 71.1 Å². The number of hydrogen-bond donors (Lipinski definition) is 0. The van der Waals surface area contributed by atoms with Crippen molar-refractivity contribution in [2.45, 2.75) is 77.7 Å². The predicted molar refractivity (Wildman–Crippen MR) is 119 cm³/mol. The fourth-order valence-electron chi connectivity index (χ4n) is 4.05. The molecule has 0 unspecified atom stereocenters. The summed E-state index contributed by atoms with van der Waals surface area (Å²) >= 11 is 3.77. The van der Waals surface area contributed by atoms with E-state index < -0.39 is 0 Å². The van der Waals surface area contributed by atoms with Crippen LogP contribution in [-0.4, -0.2) is 4.57 Å². The van der Waals surface area contributed by atoms with Gasteiger partial charge in [0.2, 0.25) is 0 Å². The number of rotatable bonds is 11. The number of benzene rings is 2. The van der Waals surface area contributed by atoms with Crippen molar-refractivity contribution in [3.05, 3.63) is 46.9 Å². The van der Waals surface area contributed by atoms with Gasteiger partial charge in [-0.3, -0.25) is 0 Å². The van der Waals surface area contributed by atoms with Crippen LogP contribution in [0.15, 0.2) is 46.9 Å². The number of aromatic nitrogens is 1. The summed E-state index contributed by atoms with van der Waals surface area (Å²) < 4.78 is 3.72. The Balaban J connectivity index is 1.53. The van der Waals surface area contributed by atoms with Crippen LogP contribution in [0.4, 0.5) is 0 Å². The van der Waals surface area contributed by atoms with Crippen LogP contribution in [0.25, 0.3) is 21.8 Å². The molecular formula is C24H32BrN. The summed E-state index contributed by atoms with van der Waals surface area (Å²) in [7, 11) is 0. The highest BCUT2D eigenvalue weighted by atomic mass is 79.9. The molecule has 0 saturated carbocycles. The van der Waals surface area contributed by atoms with Gasteiger partial charge in [-0.05, 0) is 34.5 Å². The lowest BCUT2D eigenvalue weighted by Gasteiger charge is -2.09. The Morgan fingerprint density at radius 3 is 2.04 bits per heavy atom. The van der Waals surface area contributed by atoms with Crippen molar-refractivity contribution in [2.24, 2.45) is 0 Å². The van der Waals surface area contributed by atoms with Gasteiger partial charge in [0.25, 0.3) is 0 Å². The molecule has 0 radical (unpaired) electrons. The molecule has 140 valence electrons. The van der Waals surface area contributed by atoms with Crippen molar-refractivity contribution in [1.29, 1.82) is 0 Å². The zero-order valence-corrected chi connectivity index (χ0v) is 17.7. The van der Waals surface area contributed by atoms with Crippen molar-refractivity contribution < 1.29 is 0 Å². The van der Waals surface area contributed by atoms with Gasteiger partial charge in [-0.15, -0.1) is 0 Å². The first-order chi connectivity index (χ1) is 12.8. The van der Waals surface area contributed by atoms with Crippen LogP contribution < -0.4 is 0 Å². The first kappa shape index (κ1) is 19.5. The van der Waals surface area contributed by atoms with E-state index in [1.807, 2.05) is 0 Å². The fraction of sp³-hybridized carbons (Fsp3) is 0.500. The van der Waals surface area contributed by atoms with Crippen LogP contribution in [0.3, 0.4) is 0 Å². The van der Waals surface area contributed by atoms with Gasteiger partial charge in [-0.2, -0.15) is 0 Å². The van der Waals surface area contributed by atoms with Gasteiger partial charge >= 0.3 is 0 Å². The maximum atomic E-state index is 3.77. The second kappa shape index (κ2) is 10.2. The quantitative estimate of drug-likeness (QED) is 0.277. The Morgan fingerprint density at radius 1 is 0.692 bits per heavy atom. The maximum absolute atomic E-state index is 3.77. The highest BCUT2D eigenvalue weighted by Gasteiger charge is 2.11. The third-order valence-electron chi connectivity index (χ3n) is 5.48. The summed E-state index contributed by atoms with van der Waals surface area (Å²) in [5.41, 5.74) is 2.72. The Hall–Kier alpha value is -1.28. The molecule has 0 atom stereocenters. The lowest BCUT2D eigenvalue weighted by atomic mass is 10.1. The molecular weight excluding hydrogens is 382 g/mol. The molecule has 2 heteroatoms. The molecule has 0 fully saturated rings. The number of unbranched alkanes of at least 4 members (excludes halogenated alkanes) is 9. The van der Waals surface area contributed by atoms with Gasteiger partial charge in [0.05, 0.1) is 5.52 Å². The predicted octanol–water partition coefficient (Wildman–Crippen LogP) is 8.48. The molecule has 1 heterocycles. The normalized spacial score (nSPS) is 11.6. The topological polar surface area (TPSA) is 4.93 Å². The highest BCUT2D eigenvalue weighted by Crippen LogP contribution is 2.33. The summed E-state index contributed by atoms with van der Waals surface area (Å²) in [4.78, 5) is 0. The summed E-state index contributed by atoms with van der Waals surface area (Å²) in [6.07, 6.45) is 13.9. The van der Waals surface area contributed by atoms with Crippen LogP contribution in [0, 0.1) is 0 Å². The van der Waals surface area contributed by atoms with E-state index in [-0.39, 0.29) is 0 Å². The zero-order valence-electron chi connectivity index (χ0n) is 16.1. The van der Waals surface area contributed by atoms with Gasteiger partial charge < -0.3 is 4.57 Å². The van der Waals surface area contributed by atoms with E-state index in [1.54, 1.807) is 0 Å². The lowest BCUT2D eigenvalue weighted by Crippen LogP contribution is -1.98. The van der Waals surface area contributed by atoms with E-state index in [0.717, 1.165) is 6.54 Å². The van der Waals surface area contributed by atoms with Crippen LogP contribution in [0.5, 0.6) is 0 Å². The molecule has 0 aliphatic rings. The first-order valence-corrected chi connectivity index (χ1v) is 11.3. The number of halogens is 1.